The quantitative estimate of drug-likeness (QED) is 0.176. The fraction of sp³-hybridized carbons (Fsp3) is 0. The maximum atomic E-state index is 8.35. The first-order chi connectivity index (χ1) is 19.8. The first-order valence-corrected chi connectivity index (χ1v) is 17.4. The van der Waals surface area contributed by atoms with Gasteiger partial charge in [-0.3, -0.25) is 0 Å². The van der Waals surface area contributed by atoms with E-state index in [-0.39, 0.29) is 0 Å². The van der Waals surface area contributed by atoms with Gasteiger partial charge in [0, 0.05) is 6.89 Å². The van der Waals surface area contributed by atoms with E-state index in [1.165, 1.54) is 31.8 Å². The minimum absolute atomic E-state index is 1.02. The minimum Gasteiger partial charge on any atom is -0.0622 e. The van der Waals surface area contributed by atoms with Crippen LogP contribution in [0.3, 0.4) is 0 Å². The van der Waals surface area contributed by atoms with Crippen molar-refractivity contribution in [3.8, 4) is 0 Å². The standard InChI is InChI=1S/C37H30ClP2/c38-37(39(31-19-7-1-8-20-31,32-21-9-2-10-22-32)33-23-11-3-12-24-33)40(34-25-13-4-14-26-34,35-27-15-5-16-28-35)36-29-17-6-18-30-36/h1-30H/q+1. The van der Waals surface area contributed by atoms with Gasteiger partial charge in [0.2, 0.25) is 0 Å². The SMILES string of the molecule is ClC(=P(c1ccccc1)(c1ccccc1)c1ccccc1)[P+](c1ccccc1)(c1ccccc1)c1ccccc1. The molecule has 6 rings (SSSR count). The van der Waals surface area contributed by atoms with Crippen molar-refractivity contribution in [2.75, 3.05) is 0 Å². The molecule has 0 aliphatic carbocycles. The molecule has 0 bridgehead atoms. The van der Waals surface area contributed by atoms with Crippen molar-refractivity contribution >= 4 is 62.1 Å². The lowest BCUT2D eigenvalue weighted by Crippen LogP contribution is -2.39. The summed E-state index contributed by atoms with van der Waals surface area (Å²) in [4.78, 5) is 0. The number of hydrogen-bond donors (Lipinski definition) is 0. The summed E-state index contributed by atoms with van der Waals surface area (Å²) in [6.45, 7) is -2.53. The summed E-state index contributed by atoms with van der Waals surface area (Å²) < 4.78 is 1.02. The van der Waals surface area contributed by atoms with Crippen molar-refractivity contribution in [1.82, 2.24) is 0 Å². The Balaban J connectivity index is 1.94. The number of rotatable bonds is 7. The Labute approximate surface area is 243 Å². The molecule has 0 radical (unpaired) electrons. The summed E-state index contributed by atoms with van der Waals surface area (Å²) in [5.74, 6) is 0. The topological polar surface area (TPSA) is 0 Å². The van der Waals surface area contributed by atoms with Crippen LogP contribution in [0.25, 0.3) is 0 Å². The van der Waals surface area contributed by atoms with Crippen LogP contribution in [0.2, 0.25) is 0 Å². The fourth-order valence-corrected chi connectivity index (χ4v) is 18.1. The van der Waals surface area contributed by atoms with Crippen LogP contribution in [0.15, 0.2) is 182 Å². The van der Waals surface area contributed by atoms with Gasteiger partial charge in [0.25, 0.3) is 0 Å². The third-order valence-electron chi connectivity index (χ3n) is 7.41. The molecule has 0 N–H and O–H groups in total. The van der Waals surface area contributed by atoms with Gasteiger partial charge in [-0.1, -0.05) is 146 Å². The van der Waals surface area contributed by atoms with Crippen LogP contribution >= 0.6 is 25.7 Å². The number of hydrogen-bond acceptors (Lipinski definition) is 0. The zero-order valence-electron chi connectivity index (χ0n) is 22.1. The van der Waals surface area contributed by atoms with Crippen LogP contribution in [-0.2, 0) is 0 Å². The Hall–Kier alpha value is -3.66. The van der Waals surface area contributed by atoms with Crippen molar-refractivity contribution < 1.29 is 0 Å². The molecule has 0 saturated carbocycles. The minimum atomic E-state index is -2.53. The second-order valence-corrected chi connectivity index (χ2v) is 17.6. The van der Waals surface area contributed by atoms with E-state index in [4.69, 9.17) is 11.6 Å². The van der Waals surface area contributed by atoms with Gasteiger partial charge in [0.15, 0.2) is 11.8 Å². The largest absolute Gasteiger partial charge is 0.181 e. The Morgan fingerprint density at radius 2 is 0.575 bits per heavy atom. The van der Waals surface area contributed by atoms with Crippen LogP contribution in [0, 0.1) is 0 Å². The molecule has 0 amide bonds. The molecule has 0 aliphatic rings. The molecule has 0 aliphatic heterocycles. The molecule has 0 fully saturated rings. The van der Waals surface area contributed by atoms with E-state index in [0.717, 1.165) is 4.49 Å². The zero-order valence-corrected chi connectivity index (χ0v) is 24.6. The molecule has 0 atom stereocenters. The van der Waals surface area contributed by atoms with Crippen LogP contribution in [-0.4, -0.2) is 4.49 Å². The highest BCUT2D eigenvalue weighted by atomic mass is 35.5. The second kappa shape index (κ2) is 11.8. The van der Waals surface area contributed by atoms with Crippen LogP contribution in [0.4, 0.5) is 0 Å². The van der Waals surface area contributed by atoms with Crippen LogP contribution in [0.1, 0.15) is 0 Å². The highest BCUT2D eigenvalue weighted by Crippen LogP contribution is 2.66. The molecule has 0 spiro atoms. The van der Waals surface area contributed by atoms with Crippen LogP contribution < -0.4 is 31.8 Å². The van der Waals surface area contributed by atoms with E-state index >= 15 is 0 Å². The molecule has 6 aromatic rings. The zero-order chi connectivity index (χ0) is 27.3. The van der Waals surface area contributed by atoms with Crippen molar-refractivity contribution in [2.45, 2.75) is 0 Å². The van der Waals surface area contributed by atoms with E-state index < -0.39 is 14.1 Å². The van der Waals surface area contributed by atoms with Crippen molar-refractivity contribution in [2.24, 2.45) is 0 Å². The molecule has 0 aromatic heterocycles. The summed E-state index contributed by atoms with van der Waals surface area (Å²) in [7, 11) is -2.53. The van der Waals surface area contributed by atoms with E-state index in [0.29, 0.717) is 0 Å². The van der Waals surface area contributed by atoms with Gasteiger partial charge in [-0.15, -0.1) is 0 Å². The Morgan fingerprint density at radius 3 is 0.825 bits per heavy atom. The van der Waals surface area contributed by atoms with Crippen molar-refractivity contribution in [3.63, 3.8) is 0 Å². The van der Waals surface area contributed by atoms with E-state index in [2.05, 4.69) is 182 Å². The summed E-state index contributed by atoms with van der Waals surface area (Å²) in [5, 5.41) is 7.53. The summed E-state index contributed by atoms with van der Waals surface area (Å²) in [6, 6.07) is 65.6. The predicted molar refractivity (Wildman–Crippen MR) is 181 cm³/mol. The maximum Gasteiger partial charge on any atom is 0.181 e. The molecule has 194 valence electrons. The normalized spacial score (nSPS) is 11.6. The van der Waals surface area contributed by atoms with E-state index in [9.17, 15) is 0 Å². The number of benzene rings is 6. The molecule has 0 saturated heterocycles. The Bertz CT molecular complexity index is 1520. The van der Waals surface area contributed by atoms with Gasteiger partial charge >= 0.3 is 0 Å². The maximum absolute atomic E-state index is 8.35. The predicted octanol–water partition coefficient (Wildman–Crippen LogP) is 7.30. The lowest BCUT2D eigenvalue weighted by Gasteiger charge is -2.35. The average Bonchev–Trinajstić information content (AvgIpc) is 3.05. The molecular formula is C37H30ClP2+. The highest BCUT2D eigenvalue weighted by Gasteiger charge is 2.54. The molecule has 3 heteroatoms. The Kier molecular flexibility index (Phi) is 7.86. The first kappa shape index (κ1) is 26.6. The van der Waals surface area contributed by atoms with E-state index in [1.807, 2.05) is 0 Å². The molecule has 0 unspecified atom stereocenters. The van der Waals surface area contributed by atoms with Gasteiger partial charge in [-0.2, -0.15) is 0 Å². The van der Waals surface area contributed by atoms with Crippen molar-refractivity contribution in [3.05, 3.63) is 182 Å². The molecule has 6 aromatic carbocycles. The molecular weight excluding hydrogens is 542 g/mol. The van der Waals surface area contributed by atoms with Crippen LogP contribution in [0.5, 0.6) is 0 Å². The van der Waals surface area contributed by atoms with Gasteiger partial charge in [-0.05, 0) is 63.9 Å². The summed E-state index contributed by atoms with van der Waals surface area (Å²) in [6.07, 6.45) is 0. The third-order valence-corrected chi connectivity index (χ3v) is 18.3. The Morgan fingerprint density at radius 1 is 0.350 bits per heavy atom. The monoisotopic (exact) mass is 571 g/mol. The average molecular weight is 572 g/mol. The fourth-order valence-electron chi connectivity index (χ4n) is 5.67. The summed E-state index contributed by atoms with van der Waals surface area (Å²) in [5.41, 5.74) is 0. The van der Waals surface area contributed by atoms with Gasteiger partial charge < -0.3 is 0 Å². The van der Waals surface area contributed by atoms with Gasteiger partial charge in [-0.25, -0.2) is 0 Å². The number of halogens is 1. The smallest absolute Gasteiger partial charge is 0.0622 e. The first-order valence-electron chi connectivity index (χ1n) is 13.4. The third kappa shape index (κ3) is 4.48. The molecule has 0 nitrogen and oxygen atoms in total. The van der Waals surface area contributed by atoms with Crippen molar-refractivity contribution in [1.29, 1.82) is 0 Å². The van der Waals surface area contributed by atoms with Gasteiger partial charge in [0.05, 0.1) is 0 Å². The van der Waals surface area contributed by atoms with Gasteiger partial charge in [0.1, 0.15) is 15.9 Å². The summed E-state index contributed by atoms with van der Waals surface area (Å²) >= 11 is 8.35. The lowest BCUT2D eigenvalue weighted by molar-refractivity contribution is 1.73. The molecule has 40 heavy (non-hydrogen) atoms. The highest BCUT2D eigenvalue weighted by molar-refractivity contribution is 8.23. The van der Waals surface area contributed by atoms with E-state index in [1.54, 1.807) is 0 Å². The second-order valence-electron chi connectivity index (χ2n) is 9.62. The lowest BCUT2D eigenvalue weighted by atomic mass is 10.4. The molecule has 0 heterocycles.